The van der Waals surface area contributed by atoms with Crippen molar-refractivity contribution < 1.29 is 0 Å². The molecular formula is C20H21N5OS. The van der Waals surface area contributed by atoms with Crippen molar-refractivity contribution in [2.75, 3.05) is 33.2 Å². The molecule has 138 valence electrons. The molecule has 0 saturated carbocycles. The van der Waals surface area contributed by atoms with Crippen molar-refractivity contribution in [1.29, 1.82) is 0 Å². The number of fused-ring (bicyclic) bond motifs is 3. The van der Waals surface area contributed by atoms with Crippen LogP contribution in [0.3, 0.4) is 0 Å². The summed E-state index contributed by atoms with van der Waals surface area (Å²) in [7, 11) is 2.17. The van der Waals surface area contributed by atoms with E-state index in [9.17, 15) is 4.79 Å². The predicted octanol–water partition coefficient (Wildman–Crippen LogP) is 2.65. The van der Waals surface area contributed by atoms with E-state index in [1.165, 1.54) is 11.1 Å². The van der Waals surface area contributed by atoms with E-state index >= 15 is 0 Å². The Balaban J connectivity index is 1.65. The molecule has 0 atom stereocenters. The van der Waals surface area contributed by atoms with Crippen molar-refractivity contribution >= 4 is 27.9 Å². The van der Waals surface area contributed by atoms with Crippen LogP contribution in [0.4, 0.5) is 0 Å². The van der Waals surface area contributed by atoms with Crippen LogP contribution in [-0.2, 0) is 6.54 Å². The van der Waals surface area contributed by atoms with Crippen molar-refractivity contribution in [2.45, 2.75) is 6.54 Å². The number of aromatic nitrogens is 3. The molecule has 5 rings (SSSR count). The van der Waals surface area contributed by atoms with Crippen molar-refractivity contribution in [3.05, 3.63) is 57.1 Å². The average Bonchev–Trinajstić information content (AvgIpc) is 3.34. The van der Waals surface area contributed by atoms with E-state index in [1.54, 1.807) is 15.7 Å². The third kappa shape index (κ3) is 2.97. The lowest BCUT2D eigenvalue weighted by atomic mass is 10.0. The third-order valence-electron chi connectivity index (χ3n) is 5.43. The smallest absolute Gasteiger partial charge is 0.304 e. The molecule has 7 heteroatoms. The fourth-order valence-electron chi connectivity index (χ4n) is 3.85. The Morgan fingerprint density at radius 1 is 1.11 bits per heavy atom. The number of piperazine rings is 1. The maximum atomic E-state index is 12.4. The van der Waals surface area contributed by atoms with Gasteiger partial charge in [-0.25, -0.2) is 14.3 Å². The number of rotatable bonds is 3. The van der Waals surface area contributed by atoms with Gasteiger partial charge in [-0.1, -0.05) is 12.1 Å². The summed E-state index contributed by atoms with van der Waals surface area (Å²) in [5.41, 5.74) is 4.92. The third-order valence-corrected chi connectivity index (χ3v) is 6.11. The van der Waals surface area contributed by atoms with Gasteiger partial charge in [0.25, 0.3) is 0 Å². The molecule has 0 unspecified atom stereocenters. The topological polar surface area (TPSA) is 56.6 Å². The van der Waals surface area contributed by atoms with Gasteiger partial charge in [0, 0.05) is 38.1 Å². The van der Waals surface area contributed by atoms with Gasteiger partial charge in [-0.2, -0.15) is 16.4 Å². The van der Waals surface area contributed by atoms with E-state index in [2.05, 4.69) is 62.1 Å². The van der Waals surface area contributed by atoms with Gasteiger partial charge >= 0.3 is 5.69 Å². The van der Waals surface area contributed by atoms with Crippen molar-refractivity contribution in [3.8, 4) is 11.1 Å². The number of H-pyrrole nitrogens is 1. The number of nitrogens with one attached hydrogen (secondary N) is 1. The number of aromatic amines is 1. The monoisotopic (exact) mass is 379 g/mol. The Hall–Kier alpha value is -2.48. The lowest BCUT2D eigenvalue weighted by Gasteiger charge is -2.32. The van der Waals surface area contributed by atoms with Crippen LogP contribution >= 0.6 is 11.3 Å². The van der Waals surface area contributed by atoms with Crippen LogP contribution in [0.1, 0.15) is 5.56 Å². The van der Waals surface area contributed by atoms with Crippen LogP contribution < -0.4 is 5.69 Å². The van der Waals surface area contributed by atoms with E-state index in [4.69, 9.17) is 0 Å². The Labute approximate surface area is 160 Å². The second-order valence-electron chi connectivity index (χ2n) is 7.22. The first-order valence-electron chi connectivity index (χ1n) is 9.15. The molecule has 0 radical (unpaired) electrons. The van der Waals surface area contributed by atoms with Crippen LogP contribution in [0.5, 0.6) is 0 Å². The zero-order valence-corrected chi connectivity index (χ0v) is 16.0. The summed E-state index contributed by atoms with van der Waals surface area (Å²) in [4.78, 5) is 17.2. The fourth-order valence-corrected chi connectivity index (χ4v) is 4.51. The van der Waals surface area contributed by atoms with Gasteiger partial charge in [-0.15, -0.1) is 0 Å². The van der Waals surface area contributed by atoms with Crippen LogP contribution in [0.15, 0.2) is 45.9 Å². The molecule has 27 heavy (non-hydrogen) atoms. The molecule has 1 saturated heterocycles. The Morgan fingerprint density at radius 2 is 1.96 bits per heavy atom. The number of hydrogen-bond acceptors (Lipinski definition) is 5. The van der Waals surface area contributed by atoms with Gasteiger partial charge in [0.05, 0.1) is 5.52 Å². The molecule has 3 aromatic heterocycles. The zero-order valence-electron chi connectivity index (χ0n) is 15.2. The summed E-state index contributed by atoms with van der Waals surface area (Å²) < 4.78 is 1.68. The SMILES string of the molecule is CN1CCN(Cc2cc3n[nH]c(=O)n3c3cc(-c4ccsc4)ccc23)CC1. The zero-order chi connectivity index (χ0) is 18.4. The molecule has 0 bridgehead atoms. The highest BCUT2D eigenvalue weighted by Crippen LogP contribution is 2.29. The minimum Gasteiger partial charge on any atom is -0.304 e. The Morgan fingerprint density at radius 3 is 2.74 bits per heavy atom. The minimum absolute atomic E-state index is 0.191. The van der Waals surface area contributed by atoms with Gasteiger partial charge < -0.3 is 4.90 Å². The quantitative estimate of drug-likeness (QED) is 0.595. The first kappa shape index (κ1) is 16.7. The summed E-state index contributed by atoms with van der Waals surface area (Å²) in [5, 5.41) is 12.1. The highest BCUT2D eigenvalue weighted by atomic mass is 32.1. The predicted molar refractivity (Wildman–Crippen MR) is 109 cm³/mol. The number of benzene rings is 1. The molecule has 1 fully saturated rings. The van der Waals surface area contributed by atoms with Gasteiger partial charge in [0.2, 0.25) is 0 Å². The van der Waals surface area contributed by atoms with Crippen LogP contribution in [0.25, 0.3) is 27.7 Å². The number of nitrogens with zero attached hydrogens (tertiary/aromatic N) is 4. The van der Waals surface area contributed by atoms with Crippen LogP contribution in [0.2, 0.25) is 0 Å². The maximum Gasteiger partial charge on any atom is 0.348 e. The number of thiophene rings is 1. The lowest BCUT2D eigenvalue weighted by Crippen LogP contribution is -2.43. The lowest BCUT2D eigenvalue weighted by molar-refractivity contribution is 0.148. The molecule has 0 amide bonds. The first-order valence-corrected chi connectivity index (χ1v) is 10.1. The van der Waals surface area contributed by atoms with Crippen molar-refractivity contribution in [1.82, 2.24) is 24.4 Å². The molecule has 1 aliphatic rings. The number of hydrogen-bond donors (Lipinski definition) is 1. The Kier molecular flexibility index (Phi) is 4.07. The minimum atomic E-state index is -0.191. The second kappa shape index (κ2) is 6.60. The molecular weight excluding hydrogens is 358 g/mol. The number of pyridine rings is 1. The Bertz CT molecular complexity index is 1150. The van der Waals surface area contributed by atoms with Crippen LogP contribution in [0, 0.1) is 0 Å². The normalized spacial score (nSPS) is 16.5. The van der Waals surface area contributed by atoms with Gasteiger partial charge in [-0.05, 0) is 52.7 Å². The van der Waals surface area contributed by atoms with Crippen molar-refractivity contribution in [2.24, 2.45) is 0 Å². The maximum absolute atomic E-state index is 12.4. The molecule has 6 nitrogen and oxygen atoms in total. The van der Waals surface area contributed by atoms with E-state index in [0.29, 0.717) is 5.65 Å². The van der Waals surface area contributed by atoms with Gasteiger partial charge in [0.1, 0.15) is 0 Å². The molecule has 1 aliphatic heterocycles. The van der Waals surface area contributed by atoms with Gasteiger partial charge in [0.15, 0.2) is 5.65 Å². The van der Waals surface area contributed by atoms with E-state index in [0.717, 1.165) is 49.2 Å². The standard InChI is InChI=1S/C20H21N5OS/c1-23-5-7-24(8-6-23)12-16-11-19-21-22-20(26)25(19)18-10-14(2-3-17(16)18)15-4-9-27-13-15/h2-4,9-11,13H,5-8,12H2,1H3,(H,22,26). The fraction of sp³-hybridized carbons (Fsp3) is 0.300. The highest BCUT2D eigenvalue weighted by Gasteiger charge is 2.17. The number of likely N-dealkylation sites (N-methyl/N-ethyl adjacent to an activating group) is 1. The van der Waals surface area contributed by atoms with E-state index < -0.39 is 0 Å². The van der Waals surface area contributed by atoms with Crippen molar-refractivity contribution in [3.63, 3.8) is 0 Å². The molecule has 4 heterocycles. The summed E-state index contributed by atoms with van der Waals surface area (Å²) in [6.45, 7) is 5.17. The molecule has 4 aromatic rings. The average molecular weight is 379 g/mol. The van der Waals surface area contributed by atoms with E-state index in [-0.39, 0.29) is 5.69 Å². The molecule has 0 aliphatic carbocycles. The second-order valence-corrected chi connectivity index (χ2v) is 8.00. The first-order chi connectivity index (χ1) is 13.2. The molecule has 0 spiro atoms. The molecule has 1 aromatic carbocycles. The largest absolute Gasteiger partial charge is 0.348 e. The summed E-state index contributed by atoms with van der Waals surface area (Å²) in [6.07, 6.45) is 0. The summed E-state index contributed by atoms with van der Waals surface area (Å²) in [5.74, 6) is 0. The summed E-state index contributed by atoms with van der Waals surface area (Å²) in [6, 6.07) is 10.5. The van der Waals surface area contributed by atoms with Gasteiger partial charge in [-0.3, -0.25) is 4.90 Å². The molecule has 1 N–H and O–H groups in total. The highest BCUT2D eigenvalue weighted by molar-refractivity contribution is 7.08. The summed E-state index contributed by atoms with van der Waals surface area (Å²) >= 11 is 1.68. The van der Waals surface area contributed by atoms with Crippen LogP contribution in [-0.4, -0.2) is 57.6 Å². The van der Waals surface area contributed by atoms with E-state index in [1.807, 2.05) is 6.07 Å².